The Balaban J connectivity index is 1.91. The van der Waals surface area contributed by atoms with Gasteiger partial charge in [0.15, 0.2) is 11.2 Å². The van der Waals surface area contributed by atoms with E-state index in [0.717, 1.165) is 25.1 Å². The van der Waals surface area contributed by atoms with Crippen molar-refractivity contribution in [1.82, 2.24) is 18.7 Å². The molecule has 0 fully saturated rings. The maximum Gasteiger partial charge on any atom is 0.332 e. The fraction of sp³-hybridized carbons (Fsp3) is 0.389. The average Bonchev–Trinajstić information content (AvgIpc) is 3.20. The smallest absolute Gasteiger partial charge is 0.310 e. The third-order valence-electron chi connectivity index (χ3n) is 4.87. The quantitative estimate of drug-likeness (QED) is 0.704. The maximum absolute atomic E-state index is 13.0. The standard InChI is InChI=1S/C18H20ClN5O2/c1-3-4-9-24-16(25)14-15(21(2)18(24)26)20-17-22(10-11-23(14)17)13-7-5-12(19)6-8-13/h5-8H,3-4,9-11H2,1-2H3. The van der Waals surface area contributed by atoms with Gasteiger partial charge < -0.3 is 9.47 Å². The van der Waals surface area contributed by atoms with Gasteiger partial charge in [0.05, 0.1) is 0 Å². The highest BCUT2D eigenvalue weighted by atomic mass is 35.5. The van der Waals surface area contributed by atoms with Crippen LogP contribution in [0.15, 0.2) is 33.9 Å². The van der Waals surface area contributed by atoms with Crippen molar-refractivity contribution >= 4 is 34.4 Å². The predicted molar refractivity (Wildman–Crippen MR) is 103 cm³/mol. The minimum absolute atomic E-state index is 0.256. The van der Waals surface area contributed by atoms with E-state index in [2.05, 4.69) is 4.98 Å². The zero-order valence-corrected chi connectivity index (χ0v) is 15.5. The van der Waals surface area contributed by atoms with Gasteiger partial charge in [0, 0.05) is 37.4 Å². The third-order valence-corrected chi connectivity index (χ3v) is 5.13. The fourth-order valence-electron chi connectivity index (χ4n) is 3.46. The summed E-state index contributed by atoms with van der Waals surface area (Å²) in [4.78, 5) is 32.2. The van der Waals surface area contributed by atoms with Crippen LogP contribution >= 0.6 is 11.6 Å². The van der Waals surface area contributed by atoms with Crippen LogP contribution in [0, 0.1) is 0 Å². The first-order valence-corrected chi connectivity index (χ1v) is 9.14. The Kier molecular flexibility index (Phi) is 4.11. The Morgan fingerprint density at radius 1 is 1.15 bits per heavy atom. The van der Waals surface area contributed by atoms with Crippen LogP contribution in [-0.2, 0) is 20.1 Å². The molecule has 0 saturated carbocycles. The van der Waals surface area contributed by atoms with Gasteiger partial charge in [0.25, 0.3) is 5.56 Å². The number of rotatable bonds is 4. The van der Waals surface area contributed by atoms with Gasteiger partial charge in [-0.1, -0.05) is 24.9 Å². The van der Waals surface area contributed by atoms with Crippen molar-refractivity contribution in [3.05, 3.63) is 50.1 Å². The molecule has 0 unspecified atom stereocenters. The van der Waals surface area contributed by atoms with Crippen LogP contribution < -0.4 is 16.1 Å². The lowest BCUT2D eigenvalue weighted by molar-refractivity contribution is 0.564. The molecule has 3 heterocycles. The molecule has 8 heteroatoms. The van der Waals surface area contributed by atoms with Gasteiger partial charge in [-0.2, -0.15) is 4.98 Å². The Morgan fingerprint density at radius 2 is 1.88 bits per heavy atom. The number of aromatic nitrogens is 4. The van der Waals surface area contributed by atoms with Crippen LogP contribution in [0.1, 0.15) is 19.8 Å². The first kappa shape index (κ1) is 16.9. The van der Waals surface area contributed by atoms with E-state index in [1.54, 1.807) is 7.05 Å². The van der Waals surface area contributed by atoms with E-state index in [-0.39, 0.29) is 11.2 Å². The SMILES string of the molecule is CCCCn1c(=O)c2c(nc3n2CCN3c2ccc(Cl)cc2)n(C)c1=O. The first-order valence-electron chi connectivity index (χ1n) is 8.76. The van der Waals surface area contributed by atoms with E-state index in [0.29, 0.717) is 35.2 Å². The predicted octanol–water partition coefficient (Wildman–Crippen LogP) is 2.50. The molecule has 4 rings (SSSR count). The summed E-state index contributed by atoms with van der Waals surface area (Å²) >= 11 is 5.98. The maximum atomic E-state index is 13.0. The van der Waals surface area contributed by atoms with Crippen molar-refractivity contribution in [2.75, 3.05) is 11.4 Å². The molecule has 0 spiro atoms. The van der Waals surface area contributed by atoms with Gasteiger partial charge in [-0.25, -0.2) is 4.79 Å². The topological polar surface area (TPSA) is 65.1 Å². The van der Waals surface area contributed by atoms with Gasteiger partial charge in [-0.3, -0.25) is 13.9 Å². The second-order valence-electron chi connectivity index (χ2n) is 6.52. The largest absolute Gasteiger partial charge is 0.332 e. The number of unbranched alkanes of at least 4 members (excludes halogenated alkanes) is 1. The van der Waals surface area contributed by atoms with Crippen LogP contribution in [0.5, 0.6) is 0 Å². The monoisotopic (exact) mass is 373 g/mol. The average molecular weight is 374 g/mol. The number of hydrogen-bond acceptors (Lipinski definition) is 4. The molecule has 3 aromatic rings. The summed E-state index contributed by atoms with van der Waals surface area (Å²) in [6, 6.07) is 7.51. The Morgan fingerprint density at radius 3 is 2.58 bits per heavy atom. The minimum Gasteiger partial charge on any atom is -0.310 e. The third kappa shape index (κ3) is 2.46. The lowest BCUT2D eigenvalue weighted by Gasteiger charge is -2.15. The van der Waals surface area contributed by atoms with Gasteiger partial charge in [0.1, 0.15) is 0 Å². The van der Waals surface area contributed by atoms with E-state index in [9.17, 15) is 9.59 Å². The van der Waals surface area contributed by atoms with Crippen molar-refractivity contribution in [1.29, 1.82) is 0 Å². The van der Waals surface area contributed by atoms with Crippen molar-refractivity contribution in [2.24, 2.45) is 7.05 Å². The molecule has 0 radical (unpaired) electrons. The number of nitrogens with zero attached hydrogens (tertiary/aromatic N) is 5. The molecule has 0 N–H and O–H groups in total. The second-order valence-corrected chi connectivity index (χ2v) is 6.95. The lowest BCUT2D eigenvalue weighted by atomic mass is 10.3. The Labute approximate surface area is 155 Å². The van der Waals surface area contributed by atoms with Crippen LogP contribution in [0.2, 0.25) is 5.02 Å². The molecular weight excluding hydrogens is 354 g/mol. The summed E-state index contributed by atoms with van der Waals surface area (Å²) in [7, 11) is 1.67. The number of anilines is 2. The fourth-order valence-corrected chi connectivity index (χ4v) is 3.58. The molecule has 0 bridgehead atoms. The second kappa shape index (κ2) is 6.32. The molecule has 136 valence electrons. The zero-order chi connectivity index (χ0) is 18.4. The number of fused-ring (bicyclic) bond motifs is 3. The number of benzene rings is 1. The number of hydrogen-bond donors (Lipinski definition) is 0. The molecular formula is C18H20ClN5O2. The lowest BCUT2D eigenvalue weighted by Crippen LogP contribution is -2.39. The van der Waals surface area contributed by atoms with E-state index >= 15 is 0 Å². The van der Waals surface area contributed by atoms with Crippen molar-refractivity contribution < 1.29 is 0 Å². The highest BCUT2D eigenvalue weighted by Crippen LogP contribution is 2.32. The van der Waals surface area contributed by atoms with Crippen molar-refractivity contribution in [3.63, 3.8) is 0 Å². The van der Waals surface area contributed by atoms with Gasteiger partial charge in [-0.05, 0) is 30.7 Å². The summed E-state index contributed by atoms with van der Waals surface area (Å²) in [5.74, 6) is 0.683. The summed E-state index contributed by atoms with van der Waals surface area (Å²) in [6.07, 6.45) is 1.71. The summed E-state index contributed by atoms with van der Waals surface area (Å²) in [5.41, 5.74) is 1.31. The highest BCUT2D eigenvalue weighted by molar-refractivity contribution is 6.30. The molecule has 0 aliphatic carbocycles. The van der Waals surface area contributed by atoms with Crippen molar-refractivity contribution in [3.8, 4) is 0 Å². The van der Waals surface area contributed by atoms with Gasteiger partial charge in [-0.15, -0.1) is 0 Å². The van der Waals surface area contributed by atoms with Crippen LogP contribution in [0.4, 0.5) is 11.6 Å². The van der Waals surface area contributed by atoms with Crippen LogP contribution in [0.25, 0.3) is 11.2 Å². The summed E-state index contributed by atoms with van der Waals surface area (Å²) in [5, 5.41) is 0.669. The normalized spacial score (nSPS) is 13.6. The molecule has 7 nitrogen and oxygen atoms in total. The van der Waals surface area contributed by atoms with Crippen LogP contribution in [0.3, 0.4) is 0 Å². The zero-order valence-electron chi connectivity index (χ0n) is 14.8. The number of halogens is 1. The number of aryl methyl sites for hydroxylation is 1. The number of imidazole rings is 1. The Hall–Kier alpha value is -2.54. The first-order chi connectivity index (χ1) is 12.5. The molecule has 1 aliphatic rings. The van der Waals surface area contributed by atoms with E-state index < -0.39 is 0 Å². The molecule has 0 saturated heterocycles. The van der Waals surface area contributed by atoms with Crippen molar-refractivity contribution in [2.45, 2.75) is 32.9 Å². The summed E-state index contributed by atoms with van der Waals surface area (Å²) < 4.78 is 4.71. The minimum atomic E-state index is -0.314. The Bertz CT molecular complexity index is 1090. The van der Waals surface area contributed by atoms with Gasteiger partial charge >= 0.3 is 5.69 Å². The highest BCUT2D eigenvalue weighted by Gasteiger charge is 2.28. The molecule has 0 amide bonds. The van der Waals surface area contributed by atoms with Gasteiger partial charge in [0.2, 0.25) is 5.95 Å². The molecule has 1 aliphatic heterocycles. The molecule has 2 aromatic heterocycles. The van der Waals surface area contributed by atoms with E-state index in [1.165, 1.54) is 9.13 Å². The van der Waals surface area contributed by atoms with Crippen LogP contribution in [-0.4, -0.2) is 25.2 Å². The molecule has 1 aromatic carbocycles. The van der Waals surface area contributed by atoms with E-state index in [1.807, 2.05) is 40.7 Å². The van der Waals surface area contributed by atoms with E-state index in [4.69, 9.17) is 11.6 Å². The summed E-state index contributed by atoms with van der Waals surface area (Å²) in [6.45, 7) is 3.83. The molecule has 0 atom stereocenters. The molecule has 26 heavy (non-hydrogen) atoms.